The Morgan fingerprint density at radius 1 is 0.542 bits per heavy atom. The lowest BCUT2D eigenvalue weighted by Crippen LogP contribution is -2.11. The summed E-state index contributed by atoms with van der Waals surface area (Å²) < 4.78 is 2.16. The van der Waals surface area contributed by atoms with E-state index in [0.717, 1.165) is 49.9 Å². The molecule has 0 aliphatic carbocycles. The Labute approximate surface area is 280 Å². The first-order chi connectivity index (χ1) is 23.4. The van der Waals surface area contributed by atoms with Crippen molar-refractivity contribution < 1.29 is 5.11 Å². The summed E-state index contributed by atoms with van der Waals surface area (Å²) in [7, 11) is 0. The summed E-state index contributed by atoms with van der Waals surface area (Å²) in [6.45, 7) is 6.66. The molecule has 0 aliphatic rings. The zero-order valence-corrected chi connectivity index (χ0v) is 27.2. The summed E-state index contributed by atoms with van der Waals surface area (Å²) in [6.07, 6.45) is 1.87. The summed E-state index contributed by atoms with van der Waals surface area (Å²) >= 11 is 0. The zero-order valence-electron chi connectivity index (χ0n) is 27.2. The molecule has 0 aliphatic heterocycles. The predicted molar refractivity (Wildman–Crippen MR) is 198 cm³/mol. The van der Waals surface area contributed by atoms with Crippen LogP contribution in [0.15, 0.2) is 152 Å². The van der Waals surface area contributed by atoms with Crippen molar-refractivity contribution in [1.82, 2.24) is 14.5 Å². The molecular formula is C44H35N3O. The highest BCUT2D eigenvalue weighted by atomic mass is 16.3. The van der Waals surface area contributed by atoms with Crippen LogP contribution in [0.3, 0.4) is 0 Å². The number of imidazole rings is 1. The molecule has 6 aromatic carbocycles. The van der Waals surface area contributed by atoms with E-state index < -0.39 is 0 Å². The first-order valence-corrected chi connectivity index (χ1v) is 16.3. The molecule has 0 atom stereocenters. The van der Waals surface area contributed by atoms with Gasteiger partial charge in [-0.05, 0) is 75.7 Å². The first kappa shape index (κ1) is 29.4. The third-order valence-electron chi connectivity index (χ3n) is 9.16. The van der Waals surface area contributed by atoms with Crippen LogP contribution in [0.5, 0.6) is 5.75 Å². The van der Waals surface area contributed by atoms with Gasteiger partial charge in [-0.15, -0.1) is 0 Å². The van der Waals surface area contributed by atoms with Gasteiger partial charge in [-0.3, -0.25) is 9.55 Å². The van der Waals surface area contributed by atoms with Crippen molar-refractivity contribution >= 4 is 21.9 Å². The lowest BCUT2D eigenvalue weighted by atomic mass is 9.87. The van der Waals surface area contributed by atoms with Gasteiger partial charge in [0.2, 0.25) is 0 Å². The van der Waals surface area contributed by atoms with Crippen LogP contribution >= 0.6 is 0 Å². The molecule has 0 spiro atoms. The number of hydrogen-bond donors (Lipinski definition) is 1. The largest absolute Gasteiger partial charge is 0.507 e. The van der Waals surface area contributed by atoms with E-state index in [4.69, 9.17) is 9.97 Å². The molecule has 8 aromatic rings. The molecule has 48 heavy (non-hydrogen) atoms. The van der Waals surface area contributed by atoms with Gasteiger partial charge in [-0.2, -0.15) is 0 Å². The van der Waals surface area contributed by atoms with Gasteiger partial charge in [0.15, 0.2) is 0 Å². The number of nitrogens with zero attached hydrogens (tertiary/aromatic N) is 3. The fourth-order valence-corrected chi connectivity index (χ4v) is 6.68. The summed E-state index contributed by atoms with van der Waals surface area (Å²) in [5.41, 5.74) is 12.4. The van der Waals surface area contributed by atoms with E-state index in [-0.39, 0.29) is 11.2 Å². The number of fused-ring (bicyclic) bond motifs is 2. The maximum atomic E-state index is 11.0. The average Bonchev–Trinajstić information content (AvgIpc) is 3.51. The van der Waals surface area contributed by atoms with Crippen LogP contribution in [0.25, 0.3) is 72.4 Å². The molecule has 8 rings (SSSR count). The molecule has 2 heterocycles. The number of pyridine rings is 1. The van der Waals surface area contributed by atoms with Crippen LogP contribution < -0.4 is 0 Å². The molecule has 0 saturated heterocycles. The van der Waals surface area contributed by atoms with Crippen LogP contribution in [0, 0.1) is 0 Å². The van der Waals surface area contributed by atoms with Gasteiger partial charge in [-0.1, -0.05) is 124 Å². The maximum absolute atomic E-state index is 11.0. The molecule has 0 saturated carbocycles. The minimum atomic E-state index is 0.0387. The van der Waals surface area contributed by atoms with Crippen molar-refractivity contribution in [3.05, 3.63) is 157 Å². The summed E-state index contributed by atoms with van der Waals surface area (Å²) in [4.78, 5) is 10.1. The minimum Gasteiger partial charge on any atom is -0.507 e. The Kier molecular flexibility index (Phi) is 7.14. The molecule has 0 unspecified atom stereocenters. The van der Waals surface area contributed by atoms with E-state index in [1.807, 2.05) is 36.5 Å². The van der Waals surface area contributed by atoms with Gasteiger partial charge >= 0.3 is 0 Å². The third kappa shape index (κ3) is 5.12. The fourth-order valence-electron chi connectivity index (χ4n) is 6.68. The molecule has 0 radical (unpaired) electrons. The topological polar surface area (TPSA) is 50.9 Å². The van der Waals surface area contributed by atoms with Crippen molar-refractivity contribution in [3.63, 3.8) is 0 Å². The highest BCUT2D eigenvalue weighted by Crippen LogP contribution is 2.40. The van der Waals surface area contributed by atoms with E-state index in [9.17, 15) is 5.11 Å². The second-order valence-corrected chi connectivity index (χ2v) is 13.3. The highest BCUT2D eigenvalue weighted by Gasteiger charge is 2.21. The molecule has 0 amide bonds. The van der Waals surface area contributed by atoms with Crippen molar-refractivity contribution in [1.29, 1.82) is 0 Å². The molecule has 232 valence electrons. The summed E-state index contributed by atoms with van der Waals surface area (Å²) in [6, 6.07) is 50.1. The Morgan fingerprint density at radius 3 is 1.94 bits per heavy atom. The number of aromatic nitrogens is 3. The van der Waals surface area contributed by atoms with Gasteiger partial charge in [0.25, 0.3) is 0 Å². The van der Waals surface area contributed by atoms with Crippen molar-refractivity contribution in [3.8, 4) is 56.2 Å². The van der Waals surface area contributed by atoms with E-state index >= 15 is 0 Å². The lowest BCUT2D eigenvalue weighted by Gasteiger charge is -2.19. The van der Waals surface area contributed by atoms with Gasteiger partial charge in [0.05, 0.1) is 22.1 Å². The van der Waals surface area contributed by atoms with E-state index in [1.54, 1.807) is 6.07 Å². The molecular weight excluding hydrogens is 587 g/mol. The summed E-state index contributed by atoms with van der Waals surface area (Å²) in [5.74, 6) is 0.893. The number of hydrogen-bond acceptors (Lipinski definition) is 3. The molecule has 4 heteroatoms. The number of aromatic hydroxyl groups is 1. The number of phenols is 1. The normalized spacial score (nSPS) is 11.7. The van der Waals surface area contributed by atoms with Crippen LogP contribution in [-0.4, -0.2) is 19.6 Å². The number of benzene rings is 6. The Hall–Kier alpha value is -6.00. The molecule has 4 nitrogen and oxygen atoms in total. The lowest BCUT2D eigenvalue weighted by molar-refractivity contribution is 0.477. The van der Waals surface area contributed by atoms with E-state index in [2.05, 4.69) is 135 Å². The number of phenolic OH excluding ortho intramolecular Hbond substituents is 1. The van der Waals surface area contributed by atoms with Crippen LogP contribution in [-0.2, 0) is 5.41 Å². The van der Waals surface area contributed by atoms with Gasteiger partial charge in [-0.25, -0.2) is 4.98 Å². The fraction of sp³-hybridized carbons (Fsp3) is 0.0909. The van der Waals surface area contributed by atoms with Gasteiger partial charge < -0.3 is 5.11 Å². The van der Waals surface area contributed by atoms with E-state index in [0.29, 0.717) is 11.4 Å². The second kappa shape index (κ2) is 11.7. The van der Waals surface area contributed by atoms with Gasteiger partial charge in [0.1, 0.15) is 11.6 Å². The maximum Gasteiger partial charge on any atom is 0.149 e. The Balaban J connectivity index is 1.30. The third-order valence-corrected chi connectivity index (χ3v) is 9.16. The van der Waals surface area contributed by atoms with Crippen LogP contribution in [0.1, 0.15) is 26.3 Å². The highest BCUT2D eigenvalue weighted by molar-refractivity contribution is 6.03. The monoisotopic (exact) mass is 621 g/mol. The van der Waals surface area contributed by atoms with Crippen molar-refractivity contribution in [2.24, 2.45) is 0 Å². The Bertz CT molecular complexity index is 2430. The number of para-hydroxylation sites is 2. The first-order valence-electron chi connectivity index (χ1n) is 16.3. The van der Waals surface area contributed by atoms with Gasteiger partial charge in [0, 0.05) is 28.4 Å². The predicted octanol–water partition coefficient (Wildman–Crippen LogP) is 11.2. The quantitative estimate of drug-likeness (QED) is 0.208. The van der Waals surface area contributed by atoms with E-state index in [1.165, 1.54) is 16.7 Å². The van der Waals surface area contributed by atoms with Crippen molar-refractivity contribution in [2.75, 3.05) is 0 Å². The van der Waals surface area contributed by atoms with Crippen molar-refractivity contribution in [2.45, 2.75) is 26.2 Å². The molecule has 0 bridgehead atoms. The number of rotatable bonds is 5. The standard InChI is InChI=1S/C44H35N3O/c1-44(2,3)32-21-23-33(24-22-32)47-39-19-10-17-35(42(39)46-43(47)38-16-7-8-20-40(38)48)30-14-9-15-31(28-30)36-26-25-34(29-12-5-4-6-13-29)37-18-11-27-45-41(36)37/h4-28,48H,1-3H3. The minimum absolute atomic E-state index is 0.0387. The second-order valence-electron chi connectivity index (χ2n) is 13.3. The van der Waals surface area contributed by atoms with Crippen LogP contribution in [0.4, 0.5) is 0 Å². The molecule has 0 fully saturated rings. The zero-order chi connectivity index (χ0) is 32.8. The molecule has 1 N–H and O–H groups in total. The Morgan fingerprint density at radius 2 is 1.19 bits per heavy atom. The molecule has 2 aromatic heterocycles. The van der Waals surface area contributed by atoms with Crippen LogP contribution in [0.2, 0.25) is 0 Å². The summed E-state index contributed by atoms with van der Waals surface area (Å²) in [5, 5.41) is 12.1. The average molecular weight is 622 g/mol. The smallest absolute Gasteiger partial charge is 0.149 e. The SMILES string of the molecule is CC(C)(C)c1ccc(-n2c(-c3ccccc3O)nc3c(-c4cccc(-c5ccc(-c6ccccc6)c6cccnc56)c4)cccc32)cc1.